The Morgan fingerprint density at radius 2 is 1.76 bits per heavy atom. The van der Waals surface area contributed by atoms with Gasteiger partial charge in [0.1, 0.15) is 17.3 Å². The van der Waals surface area contributed by atoms with E-state index in [2.05, 4.69) is 9.88 Å². The summed E-state index contributed by atoms with van der Waals surface area (Å²) in [7, 11) is 3.33. The average molecular weight is 345 g/mol. The zero-order valence-corrected chi connectivity index (χ0v) is 15.2. The summed E-state index contributed by atoms with van der Waals surface area (Å²) in [6.45, 7) is 5.13. The number of aliphatic hydroxyl groups is 1. The first kappa shape index (κ1) is 17.8. The Labute approximate surface area is 149 Å². The number of hydrogen-bond acceptors (Lipinski definition) is 5. The molecule has 0 spiro atoms. The molecule has 0 saturated carbocycles. The smallest absolute Gasteiger partial charge is 0.122 e. The van der Waals surface area contributed by atoms with E-state index in [1.54, 1.807) is 20.4 Å². The van der Waals surface area contributed by atoms with Crippen molar-refractivity contribution in [1.29, 1.82) is 0 Å². The van der Waals surface area contributed by atoms with Crippen molar-refractivity contribution in [2.45, 2.75) is 38.5 Å². The van der Waals surface area contributed by atoms with E-state index in [-0.39, 0.29) is 0 Å². The van der Waals surface area contributed by atoms with Crippen molar-refractivity contribution >= 4 is 0 Å². The van der Waals surface area contributed by atoms with Crippen LogP contribution in [-0.2, 0) is 13.1 Å². The van der Waals surface area contributed by atoms with Gasteiger partial charge >= 0.3 is 0 Å². The fraction of sp³-hybridized carbons (Fsp3) is 0.526. The van der Waals surface area contributed by atoms with Crippen molar-refractivity contribution in [3.8, 4) is 11.5 Å². The van der Waals surface area contributed by atoms with E-state index < -0.39 is 5.60 Å². The van der Waals surface area contributed by atoms with Crippen LogP contribution in [0.3, 0.4) is 0 Å². The molecule has 1 aromatic carbocycles. The zero-order chi connectivity index (χ0) is 17.9. The first-order valence-electron chi connectivity index (χ1n) is 8.66. The maximum Gasteiger partial charge on any atom is 0.122 e. The molecule has 1 fully saturated rings. The number of likely N-dealkylation sites (tertiary alicyclic amines) is 1. The highest BCUT2D eigenvalue weighted by Gasteiger charge is 2.33. The second-order valence-corrected chi connectivity index (χ2v) is 6.82. The molecular formula is C19H27N3O3. The van der Waals surface area contributed by atoms with Crippen molar-refractivity contribution in [1.82, 2.24) is 14.5 Å². The monoisotopic (exact) mass is 345 g/mol. The summed E-state index contributed by atoms with van der Waals surface area (Å²) >= 11 is 0. The van der Waals surface area contributed by atoms with Gasteiger partial charge in [0.2, 0.25) is 0 Å². The van der Waals surface area contributed by atoms with Gasteiger partial charge in [0.05, 0.1) is 26.4 Å². The van der Waals surface area contributed by atoms with E-state index in [1.807, 2.05) is 35.9 Å². The topological polar surface area (TPSA) is 59.8 Å². The van der Waals surface area contributed by atoms with E-state index in [0.29, 0.717) is 6.54 Å². The largest absolute Gasteiger partial charge is 0.497 e. The Morgan fingerprint density at radius 1 is 1.12 bits per heavy atom. The van der Waals surface area contributed by atoms with E-state index >= 15 is 0 Å². The molecule has 0 atom stereocenters. The number of imidazole rings is 1. The minimum Gasteiger partial charge on any atom is -0.497 e. The highest BCUT2D eigenvalue weighted by atomic mass is 16.5. The quantitative estimate of drug-likeness (QED) is 0.870. The van der Waals surface area contributed by atoms with Gasteiger partial charge in [-0.3, -0.25) is 4.90 Å². The number of benzene rings is 1. The van der Waals surface area contributed by atoms with Crippen molar-refractivity contribution in [3.63, 3.8) is 0 Å². The van der Waals surface area contributed by atoms with Gasteiger partial charge < -0.3 is 19.1 Å². The summed E-state index contributed by atoms with van der Waals surface area (Å²) in [6.07, 6.45) is 5.23. The lowest BCUT2D eigenvalue weighted by molar-refractivity contribution is -0.0361. The van der Waals surface area contributed by atoms with E-state index in [4.69, 9.17) is 9.47 Å². The number of hydrogen-bond donors (Lipinski definition) is 1. The molecule has 2 aromatic rings. The Morgan fingerprint density at radius 3 is 2.28 bits per heavy atom. The van der Waals surface area contributed by atoms with Gasteiger partial charge in [0.25, 0.3) is 0 Å². The highest BCUT2D eigenvalue weighted by Crippen LogP contribution is 2.28. The van der Waals surface area contributed by atoms with Gasteiger partial charge in [-0.05, 0) is 37.5 Å². The number of aryl methyl sites for hydroxylation is 1. The maximum absolute atomic E-state index is 10.9. The van der Waals surface area contributed by atoms with Crippen molar-refractivity contribution < 1.29 is 14.6 Å². The van der Waals surface area contributed by atoms with Crippen LogP contribution in [0.5, 0.6) is 11.5 Å². The minimum atomic E-state index is -0.659. The van der Waals surface area contributed by atoms with E-state index in [9.17, 15) is 5.11 Å². The Kier molecular flexibility index (Phi) is 5.30. The van der Waals surface area contributed by atoms with Crippen LogP contribution in [0.1, 0.15) is 24.2 Å². The number of aromatic nitrogens is 2. The number of rotatable bonds is 6. The fourth-order valence-corrected chi connectivity index (χ4v) is 3.39. The second-order valence-electron chi connectivity index (χ2n) is 6.82. The van der Waals surface area contributed by atoms with Crippen LogP contribution in [-0.4, -0.2) is 52.5 Å². The molecule has 1 aromatic heterocycles. The fourth-order valence-electron chi connectivity index (χ4n) is 3.39. The van der Waals surface area contributed by atoms with Crippen LogP contribution in [0.15, 0.2) is 30.6 Å². The summed E-state index contributed by atoms with van der Waals surface area (Å²) in [5, 5.41) is 10.9. The summed E-state index contributed by atoms with van der Waals surface area (Å²) in [5.74, 6) is 2.55. The van der Waals surface area contributed by atoms with Crippen LogP contribution in [0.2, 0.25) is 0 Å². The molecule has 2 heterocycles. The van der Waals surface area contributed by atoms with Gasteiger partial charge in [-0.15, -0.1) is 0 Å². The minimum absolute atomic E-state index is 0.611. The summed E-state index contributed by atoms with van der Waals surface area (Å²) in [5.41, 5.74) is 0.501. The SMILES string of the molecule is COc1cc(CN2CCC(O)(Cn3ccnc3C)CC2)cc(OC)c1. The van der Waals surface area contributed by atoms with Crippen molar-refractivity contribution in [2.75, 3.05) is 27.3 Å². The molecule has 1 aliphatic heterocycles. The molecule has 0 radical (unpaired) electrons. The third-order valence-electron chi connectivity index (χ3n) is 4.99. The molecule has 0 amide bonds. The van der Waals surface area contributed by atoms with Gasteiger partial charge in [-0.2, -0.15) is 0 Å². The lowest BCUT2D eigenvalue weighted by atomic mass is 9.91. The van der Waals surface area contributed by atoms with Crippen LogP contribution < -0.4 is 9.47 Å². The molecule has 25 heavy (non-hydrogen) atoms. The average Bonchev–Trinajstić information content (AvgIpc) is 3.01. The first-order chi connectivity index (χ1) is 12.0. The van der Waals surface area contributed by atoms with Crippen LogP contribution in [0.25, 0.3) is 0 Å². The predicted octanol–water partition coefficient (Wildman–Crippen LogP) is 2.24. The second kappa shape index (κ2) is 7.45. The number of nitrogens with zero attached hydrogens (tertiary/aromatic N) is 3. The van der Waals surface area contributed by atoms with E-state index in [1.165, 1.54) is 0 Å². The van der Waals surface area contributed by atoms with Gasteiger partial charge in [0.15, 0.2) is 0 Å². The normalized spacial score (nSPS) is 17.4. The van der Waals surface area contributed by atoms with Crippen LogP contribution in [0.4, 0.5) is 0 Å². The first-order valence-corrected chi connectivity index (χ1v) is 8.66. The third-order valence-corrected chi connectivity index (χ3v) is 4.99. The Bertz CT molecular complexity index is 683. The molecule has 0 unspecified atom stereocenters. The molecular weight excluding hydrogens is 318 g/mol. The summed E-state index contributed by atoms with van der Waals surface area (Å²) in [4.78, 5) is 6.60. The predicted molar refractivity (Wildman–Crippen MR) is 96.0 cm³/mol. The Hall–Kier alpha value is -2.05. The lowest BCUT2D eigenvalue weighted by Gasteiger charge is -2.38. The van der Waals surface area contributed by atoms with Crippen LogP contribution in [0, 0.1) is 6.92 Å². The molecule has 136 valence electrons. The van der Waals surface area contributed by atoms with Gasteiger partial charge in [-0.1, -0.05) is 0 Å². The standard InChI is InChI=1S/C19H27N3O3/c1-15-20-6-9-22(15)14-19(23)4-7-21(8-5-19)13-16-10-17(24-2)12-18(11-16)25-3/h6,9-12,23H,4-5,7-8,13-14H2,1-3H3. The lowest BCUT2D eigenvalue weighted by Crippen LogP contribution is -2.46. The molecule has 1 N–H and O–H groups in total. The van der Waals surface area contributed by atoms with Crippen molar-refractivity contribution in [3.05, 3.63) is 42.0 Å². The molecule has 0 aliphatic carbocycles. The van der Waals surface area contributed by atoms with E-state index in [0.717, 1.165) is 55.4 Å². The molecule has 3 rings (SSSR count). The number of ether oxygens (including phenoxy) is 2. The molecule has 6 heteroatoms. The number of piperidine rings is 1. The zero-order valence-electron chi connectivity index (χ0n) is 15.2. The van der Waals surface area contributed by atoms with Crippen LogP contribution >= 0.6 is 0 Å². The Balaban J connectivity index is 1.60. The molecule has 1 aliphatic rings. The highest BCUT2D eigenvalue weighted by molar-refractivity contribution is 5.38. The molecule has 1 saturated heterocycles. The number of methoxy groups -OCH3 is 2. The summed E-state index contributed by atoms with van der Waals surface area (Å²) < 4.78 is 12.7. The molecule has 0 bridgehead atoms. The summed E-state index contributed by atoms with van der Waals surface area (Å²) in [6, 6.07) is 5.96. The van der Waals surface area contributed by atoms with Crippen molar-refractivity contribution in [2.24, 2.45) is 0 Å². The van der Waals surface area contributed by atoms with Gasteiger partial charge in [-0.25, -0.2) is 4.98 Å². The van der Waals surface area contributed by atoms with Gasteiger partial charge in [0, 0.05) is 38.1 Å². The third kappa shape index (κ3) is 4.32. The molecule has 6 nitrogen and oxygen atoms in total. The maximum atomic E-state index is 10.9.